The monoisotopic (exact) mass is 251 g/mol. The molecule has 0 aliphatic carbocycles. The Morgan fingerprint density at radius 1 is 1.50 bits per heavy atom. The lowest BCUT2D eigenvalue weighted by Gasteiger charge is -1.98. The molecule has 12 heavy (non-hydrogen) atoms. The molecule has 4 heteroatoms. The van der Waals surface area contributed by atoms with Gasteiger partial charge >= 0.3 is 0 Å². The molecule has 1 rings (SSSR count). The van der Waals surface area contributed by atoms with Crippen molar-refractivity contribution < 1.29 is 5.11 Å². The van der Waals surface area contributed by atoms with Crippen molar-refractivity contribution in [2.45, 2.75) is 20.8 Å². The fourth-order valence-electron chi connectivity index (χ4n) is 0.542. The van der Waals surface area contributed by atoms with Gasteiger partial charge in [0.05, 0.1) is 10.2 Å². The van der Waals surface area contributed by atoms with E-state index in [1.54, 1.807) is 6.92 Å². The van der Waals surface area contributed by atoms with E-state index in [9.17, 15) is 0 Å². The molecule has 0 fully saturated rings. The minimum absolute atomic E-state index is 0.149. The average Bonchev–Trinajstić information content (AvgIpc) is 2.05. The molecule has 1 heterocycles. The predicted molar refractivity (Wildman–Crippen MR) is 54.7 cm³/mol. The highest BCUT2D eigenvalue weighted by atomic mass is 79.9. The highest BCUT2D eigenvalue weighted by Crippen LogP contribution is 2.25. The maximum absolute atomic E-state index is 9.07. The van der Waals surface area contributed by atoms with Crippen LogP contribution in [0.25, 0.3) is 0 Å². The summed E-state index contributed by atoms with van der Waals surface area (Å²) in [6, 6.07) is 1.52. The molecule has 0 aromatic carbocycles. The summed E-state index contributed by atoms with van der Waals surface area (Å²) in [6.07, 6.45) is 0. The SMILES string of the molecule is CC.Cc1nc(Cl)c(Br)cc1O. The molecule has 0 unspecified atom stereocenters. The smallest absolute Gasteiger partial charge is 0.143 e. The summed E-state index contributed by atoms with van der Waals surface area (Å²) in [4.78, 5) is 3.84. The van der Waals surface area contributed by atoms with Crippen LogP contribution >= 0.6 is 27.5 Å². The molecule has 0 saturated heterocycles. The highest BCUT2D eigenvalue weighted by molar-refractivity contribution is 9.10. The third kappa shape index (κ3) is 2.99. The van der Waals surface area contributed by atoms with E-state index in [1.165, 1.54) is 6.07 Å². The molecular formula is C8H11BrClNO. The summed E-state index contributed by atoms with van der Waals surface area (Å²) in [5.41, 5.74) is 0.535. The van der Waals surface area contributed by atoms with E-state index >= 15 is 0 Å². The van der Waals surface area contributed by atoms with Crippen molar-refractivity contribution >= 4 is 27.5 Å². The van der Waals surface area contributed by atoms with Crippen LogP contribution in [0.5, 0.6) is 5.75 Å². The van der Waals surface area contributed by atoms with Crippen LogP contribution in [-0.4, -0.2) is 10.1 Å². The first-order valence-electron chi connectivity index (χ1n) is 3.63. The van der Waals surface area contributed by atoms with Crippen LogP contribution in [-0.2, 0) is 0 Å². The van der Waals surface area contributed by atoms with Crippen molar-refractivity contribution in [1.29, 1.82) is 0 Å². The van der Waals surface area contributed by atoms with E-state index in [2.05, 4.69) is 20.9 Å². The molecule has 1 N–H and O–H groups in total. The summed E-state index contributed by atoms with van der Waals surface area (Å²) in [7, 11) is 0. The second-order valence-electron chi connectivity index (χ2n) is 1.87. The first-order valence-corrected chi connectivity index (χ1v) is 4.80. The zero-order chi connectivity index (χ0) is 9.72. The van der Waals surface area contributed by atoms with Gasteiger partial charge in [0.25, 0.3) is 0 Å². The van der Waals surface area contributed by atoms with Crippen LogP contribution in [0.3, 0.4) is 0 Å². The van der Waals surface area contributed by atoms with Gasteiger partial charge in [-0.05, 0) is 28.9 Å². The zero-order valence-corrected chi connectivity index (χ0v) is 9.57. The van der Waals surface area contributed by atoms with Gasteiger partial charge in [-0.2, -0.15) is 0 Å². The van der Waals surface area contributed by atoms with Crippen LogP contribution in [0.2, 0.25) is 5.15 Å². The lowest BCUT2D eigenvalue weighted by Crippen LogP contribution is -1.82. The number of aromatic hydroxyl groups is 1. The lowest BCUT2D eigenvalue weighted by atomic mass is 10.3. The van der Waals surface area contributed by atoms with Crippen LogP contribution in [0.4, 0.5) is 0 Å². The van der Waals surface area contributed by atoms with Crippen LogP contribution in [0.15, 0.2) is 10.5 Å². The Morgan fingerprint density at radius 2 is 2.00 bits per heavy atom. The molecule has 0 bridgehead atoms. The number of rotatable bonds is 0. The first kappa shape index (κ1) is 11.7. The Labute approximate surface area is 85.7 Å². The van der Waals surface area contributed by atoms with Crippen molar-refractivity contribution in [2.75, 3.05) is 0 Å². The Kier molecular flexibility index (Phi) is 5.25. The summed E-state index contributed by atoms with van der Waals surface area (Å²) < 4.78 is 0.609. The normalized spacial score (nSPS) is 8.75. The Morgan fingerprint density at radius 3 is 2.42 bits per heavy atom. The molecular weight excluding hydrogens is 241 g/mol. The van der Waals surface area contributed by atoms with Crippen LogP contribution < -0.4 is 0 Å². The third-order valence-electron chi connectivity index (χ3n) is 1.10. The van der Waals surface area contributed by atoms with Crippen molar-refractivity contribution in [3.8, 4) is 5.75 Å². The quantitative estimate of drug-likeness (QED) is 0.717. The second-order valence-corrected chi connectivity index (χ2v) is 3.08. The molecule has 0 aliphatic heterocycles. The fraction of sp³-hybridized carbons (Fsp3) is 0.375. The number of aryl methyl sites for hydroxylation is 1. The highest BCUT2D eigenvalue weighted by Gasteiger charge is 2.02. The maximum Gasteiger partial charge on any atom is 0.143 e. The number of hydrogen-bond acceptors (Lipinski definition) is 2. The van der Waals surface area contributed by atoms with Crippen LogP contribution in [0.1, 0.15) is 19.5 Å². The maximum atomic E-state index is 9.07. The Hall–Kier alpha value is -0.280. The Bertz CT molecular complexity index is 215. The summed E-state index contributed by atoms with van der Waals surface area (Å²) in [5, 5.41) is 9.44. The van der Waals surface area contributed by atoms with E-state index in [0.29, 0.717) is 15.3 Å². The molecule has 0 spiro atoms. The molecule has 2 nitrogen and oxygen atoms in total. The molecule has 0 aliphatic rings. The van der Waals surface area contributed by atoms with Crippen molar-refractivity contribution in [3.63, 3.8) is 0 Å². The zero-order valence-electron chi connectivity index (χ0n) is 7.23. The number of pyridine rings is 1. The number of nitrogens with zero attached hydrogens (tertiary/aromatic N) is 1. The van der Waals surface area contributed by atoms with Gasteiger partial charge < -0.3 is 5.11 Å². The third-order valence-corrected chi connectivity index (χ3v) is 2.22. The van der Waals surface area contributed by atoms with Gasteiger partial charge in [0, 0.05) is 0 Å². The summed E-state index contributed by atoms with van der Waals surface area (Å²) >= 11 is 8.74. The minimum Gasteiger partial charge on any atom is -0.506 e. The van der Waals surface area contributed by atoms with E-state index in [4.69, 9.17) is 16.7 Å². The van der Waals surface area contributed by atoms with Gasteiger partial charge in [-0.1, -0.05) is 25.4 Å². The van der Waals surface area contributed by atoms with Gasteiger partial charge in [-0.15, -0.1) is 0 Å². The standard InChI is InChI=1S/C6H5BrClNO.C2H6/c1-3-5(10)2-4(7)6(8)9-3;1-2/h2,10H,1H3;1-2H3. The topological polar surface area (TPSA) is 33.1 Å². The van der Waals surface area contributed by atoms with Gasteiger partial charge in [-0.3, -0.25) is 0 Å². The average molecular weight is 253 g/mol. The van der Waals surface area contributed by atoms with Crippen molar-refractivity contribution in [1.82, 2.24) is 4.98 Å². The first-order chi connectivity index (χ1) is 5.61. The Balaban J connectivity index is 0.000000561. The van der Waals surface area contributed by atoms with Crippen molar-refractivity contribution in [2.24, 2.45) is 0 Å². The summed E-state index contributed by atoms with van der Waals surface area (Å²) in [5.74, 6) is 0.149. The molecule has 0 amide bonds. The second kappa shape index (κ2) is 5.38. The van der Waals surface area contributed by atoms with Gasteiger partial charge in [0.1, 0.15) is 10.9 Å². The largest absolute Gasteiger partial charge is 0.506 e. The molecule has 0 atom stereocenters. The summed E-state index contributed by atoms with van der Waals surface area (Å²) in [6.45, 7) is 5.69. The van der Waals surface area contributed by atoms with E-state index < -0.39 is 0 Å². The van der Waals surface area contributed by atoms with E-state index in [0.717, 1.165) is 0 Å². The number of hydrogen-bond donors (Lipinski definition) is 1. The molecule has 0 saturated carbocycles. The molecule has 0 radical (unpaired) electrons. The molecule has 68 valence electrons. The fourth-order valence-corrected chi connectivity index (χ4v) is 1.03. The number of halogens is 2. The lowest BCUT2D eigenvalue weighted by molar-refractivity contribution is 0.467. The molecule has 1 aromatic rings. The van der Waals surface area contributed by atoms with Crippen LogP contribution in [0, 0.1) is 6.92 Å². The predicted octanol–water partition coefficient (Wildman–Crippen LogP) is 3.54. The number of aromatic nitrogens is 1. The molecule has 1 aromatic heterocycles. The van der Waals surface area contributed by atoms with Crippen molar-refractivity contribution in [3.05, 3.63) is 21.4 Å². The minimum atomic E-state index is 0.149. The van der Waals surface area contributed by atoms with Gasteiger partial charge in [0.15, 0.2) is 0 Å². The van der Waals surface area contributed by atoms with Gasteiger partial charge in [0.2, 0.25) is 0 Å². The van der Waals surface area contributed by atoms with E-state index in [1.807, 2.05) is 13.8 Å². The van der Waals surface area contributed by atoms with E-state index in [-0.39, 0.29) is 5.75 Å². The van der Waals surface area contributed by atoms with Gasteiger partial charge in [-0.25, -0.2) is 4.98 Å².